The third-order valence-electron chi connectivity index (χ3n) is 2.38. The van der Waals surface area contributed by atoms with Crippen molar-refractivity contribution in [3.05, 3.63) is 60.7 Å². The SMILES string of the molecule is Br[CH2][Sn]([c]1ccccc1)[c]1ccccc1. The summed E-state index contributed by atoms with van der Waals surface area (Å²) in [6.45, 7) is 0. The molecule has 0 saturated carbocycles. The summed E-state index contributed by atoms with van der Waals surface area (Å²) >= 11 is 2.05. The monoisotopic (exact) mass is 367 g/mol. The van der Waals surface area contributed by atoms with Crippen molar-refractivity contribution in [1.82, 2.24) is 0 Å². The first-order valence-corrected chi connectivity index (χ1v) is 10.9. The standard InChI is InChI=1S/2C6H5.CH2Br.Sn/c2*1-2-4-6-5-3-1;1-2;/h2*1-5H;1H2;. The van der Waals surface area contributed by atoms with Gasteiger partial charge in [-0.15, -0.1) is 0 Å². The van der Waals surface area contributed by atoms with Gasteiger partial charge in [0, 0.05) is 0 Å². The van der Waals surface area contributed by atoms with Crippen molar-refractivity contribution in [1.29, 1.82) is 0 Å². The zero-order chi connectivity index (χ0) is 10.5. The molecular formula is C13H12BrSn. The summed E-state index contributed by atoms with van der Waals surface area (Å²) in [6.07, 6.45) is 0. The number of halogens is 1. The Kier molecular flexibility index (Phi) is 4.27. The molecule has 2 rings (SSSR count). The van der Waals surface area contributed by atoms with Gasteiger partial charge in [0.15, 0.2) is 0 Å². The molecule has 0 nitrogen and oxygen atoms in total. The van der Waals surface area contributed by atoms with Crippen molar-refractivity contribution in [2.45, 2.75) is 0 Å². The first-order chi connectivity index (χ1) is 7.42. The summed E-state index contributed by atoms with van der Waals surface area (Å²) in [5.74, 6) is 0. The fourth-order valence-electron chi connectivity index (χ4n) is 1.60. The van der Waals surface area contributed by atoms with Crippen molar-refractivity contribution in [2.75, 3.05) is 3.35 Å². The first kappa shape index (κ1) is 11.2. The van der Waals surface area contributed by atoms with Gasteiger partial charge in [-0.3, -0.25) is 0 Å². The van der Waals surface area contributed by atoms with Crippen molar-refractivity contribution in [2.24, 2.45) is 0 Å². The average Bonchev–Trinajstić information content (AvgIpc) is 2.33. The van der Waals surface area contributed by atoms with E-state index in [0.717, 1.165) is 3.35 Å². The molecule has 0 unspecified atom stereocenters. The van der Waals surface area contributed by atoms with Crippen molar-refractivity contribution < 1.29 is 0 Å². The van der Waals surface area contributed by atoms with Gasteiger partial charge in [-0.25, -0.2) is 0 Å². The van der Waals surface area contributed by atoms with Gasteiger partial charge in [0.25, 0.3) is 0 Å². The minimum atomic E-state index is -1.62. The summed E-state index contributed by atoms with van der Waals surface area (Å²) in [6, 6.07) is 21.8. The molecule has 0 spiro atoms. The van der Waals surface area contributed by atoms with Crippen LogP contribution in [0.1, 0.15) is 0 Å². The topological polar surface area (TPSA) is 0 Å². The fraction of sp³-hybridized carbons (Fsp3) is 0.0769. The Bertz CT molecular complexity index is 360. The summed E-state index contributed by atoms with van der Waals surface area (Å²) in [7, 11) is 0. The second-order valence-corrected chi connectivity index (χ2v) is 13.9. The molecule has 0 amide bonds. The first-order valence-electron chi connectivity index (χ1n) is 4.94. The molecule has 1 radical (unpaired) electrons. The van der Waals surface area contributed by atoms with E-state index >= 15 is 0 Å². The van der Waals surface area contributed by atoms with E-state index in [1.54, 1.807) is 7.16 Å². The van der Waals surface area contributed by atoms with Crippen LogP contribution in [0.25, 0.3) is 0 Å². The third-order valence-corrected chi connectivity index (χ3v) is 12.8. The van der Waals surface area contributed by atoms with Crippen LogP contribution in [-0.2, 0) is 0 Å². The van der Waals surface area contributed by atoms with Gasteiger partial charge < -0.3 is 0 Å². The number of hydrogen-bond donors (Lipinski definition) is 0. The second kappa shape index (κ2) is 5.71. The molecule has 0 aliphatic rings. The minimum absolute atomic E-state index is 1.16. The molecule has 2 aromatic rings. The Morgan fingerprint density at radius 1 is 0.733 bits per heavy atom. The van der Waals surface area contributed by atoms with Crippen LogP contribution in [0, 0.1) is 0 Å². The second-order valence-electron chi connectivity index (χ2n) is 3.34. The molecule has 0 aliphatic carbocycles. The van der Waals surface area contributed by atoms with E-state index < -0.39 is 19.8 Å². The van der Waals surface area contributed by atoms with Crippen LogP contribution in [0.4, 0.5) is 0 Å². The van der Waals surface area contributed by atoms with Crippen LogP contribution < -0.4 is 7.16 Å². The van der Waals surface area contributed by atoms with Gasteiger partial charge in [-0.05, 0) is 0 Å². The number of benzene rings is 2. The van der Waals surface area contributed by atoms with E-state index in [-0.39, 0.29) is 0 Å². The van der Waals surface area contributed by atoms with Crippen LogP contribution in [0.5, 0.6) is 0 Å². The van der Waals surface area contributed by atoms with E-state index in [1.165, 1.54) is 0 Å². The van der Waals surface area contributed by atoms with E-state index in [4.69, 9.17) is 0 Å². The summed E-state index contributed by atoms with van der Waals surface area (Å²) < 4.78 is 4.27. The summed E-state index contributed by atoms with van der Waals surface area (Å²) in [5.41, 5.74) is 0. The molecule has 15 heavy (non-hydrogen) atoms. The fourth-order valence-corrected chi connectivity index (χ4v) is 11.2. The number of hydrogen-bond acceptors (Lipinski definition) is 0. The Balaban J connectivity index is 2.34. The normalized spacial score (nSPS) is 10.5. The molecule has 0 fully saturated rings. The zero-order valence-corrected chi connectivity index (χ0v) is 12.8. The maximum absolute atomic E-state index is 3.68. The molecule has 0 aromatic heterocycles. The molecule has 0 N–H and O–H groups in total. The van der Waals surface area contributed by atoms with Crippen LogP contribution in [0.3, 0.4) is 0 Å². The van der Waals surface area contributed by atoms with E-state index in [9.17, 15) is 0 Å². The maximum atomic E-state index is 3.68. The molecular weight excluding hydrogens is 355 g/mol. The summed E-state index contributed by atoms with van der Waals surface area (Å²) in [5, 5.41) is 0. The van der Waals surface area contributed by atoms with E-state index in [1.807, 2.05) is 0 Å². The van der Waals surface area contributed by atoms with Crippen LogP contribution in [0.15, 0.2) is 60.7 Å². The van der Waals surface area contributed by atoms with E-state index in [2.05, 4.69) is 76.6 Å². The number of alkyl halides is 1. The Labute approximate surface area is 106 Å². The molecule has 0 heterocycles. The Morgan fingerprint density at radius 2 is 1.13 bits per heavy atom. The van der Waals surface area contributed by atoms with Crippen LogP contribution in [0.2, 0.25) is 0 Å². The molecule has 0 atom stereocenters. The predicted molar refractivity (Wildman–Crippen MR) is 71.7 cm³/mol. The Morgan fingerprint density at radius 3 is 1.47 bits per heavy atom. The Hall–Kier alpha value is -0.281. The summed E-state index contributed by atoms with van der Waals surface area (Å²) in [4.78, 5) is 0. The molecule has 0 bridgehead atoms. The van der Waals surface area contributed by atoms with Gasteiger partial charge in [0.1, 0.15) is 0 Å². The van der Waals surface area contributed by atoms with Gasteiger partial charge in [-0.1, -0.05) is 0 Å². The van der Waals surface area contributed by atoms with Crippen molar-refractivity contribution in [3.63, 3.8) is 0 Å². The number of rotatable bonds is 3. The molecule has 75 valence electrons. The van der Waals surface area contributed by atoms with Crippen LogP contribution in [-0.4, -0.2) is 23.1 Å². The average molecular weight is 367 g/mol. The van der Waals surface area contributed by atoms with Crippen LogP contribution >= 0.6 is 15.9 Å². The van der Waals surface area contributed by atoms with Gasteiger partial charge >= 0.3 is 107 Å². The van der Waals surface area contributed by atoms with Gasteiger partial charge in [0.05, 0.1) is 0 Å². The molecule has 0 saturated heterocycles. The van der Waals surface area contributed by atoms with Gasteiger partial charge in [-0.2, -0.15) is 0 Å². The van der Waals surface area contributed by atoms with Gasteiger partial charge in [0.2, 0.25) is 0 Å². The molecule has 2 aromatic carbocycles. The predicted octanol–water partition coefficient (Wildman–Crippen LogP) is 2.23. The third kappa shape index (κ3) is 2.85. The van der Waals surface area contributed by atoms with Crippen molar-refractivity contribution >= 4 is 42.8 Å². The van der Waals surface area contributed by atoms with Crippen molar-refractivity contribution in [3.8, 4) is 0 Å². The molecule has 2 heteroatoms. The quantitative estimate of drug-likeness (QED) is 0.577. The van der Waals surface area contributed by atoms with E-state index in [0.29, 0.717) is 0 Å². The molecule has 0 aliphatic heterocycles. The zero-order valence-electron chi connectivity index (χ0n) is 8.36.